The molecule has 1 unspecified atom stereocenters. The van der Waals surface area contributed by atoms with Crippen molar-refractivity contribution in [1.82, 2.24) is 0 Å². The van der Waals surface area contributed by atoms with E-state index >= 15 is 0 Å². The predicted molar refractivity (Wildman–Crippen MR) is 73.6 cm³/mol. The number of fused-ring (bicyclic) bond motifs is 1. The van der Waals surface area contributed by atoms with E-state index in [2.05, 4.69) is 19.1 Å². The summed E-state index contributed by atoms with van der Waals surface area (Å²) in [7, 11) is 0. The minimum atomic E-state index is -0.970. The van der Waals surface area contributed by atoms with Gasteiger partial charge in [-0.15, -0.1) is 0 Å². The second-order valence-corrected chi connectivity index (χ2v) is 5.08. The Balaban J connectivity index is 2.25. The molecule has 0 aliphatic heterocycles. The fourth-order valence-corrected chi connectivity index (χ4v) is 2.48. The highest BCUT2D eigenvalue weighted by Crippen LogP contribution is 2.30. The van der Waals surface area contributed by atoms with Crippen molar-refractivity contribution in [3.63, 3.8) is 0 Å². The Hall–Kier alpha value is -1.55. The summed E-state index contributed by atoms with van der Waals surface area (Å²) in [5, 5.41) is 8.94. The van der Waals surface area contributed by atoms with Gasteiger partial charge in [-0.1, -0.05) is 13.0 Å². The lowest BCUT2D eigenvalue weighted by Gasteiger charge is -2.15. The number of aryl methyl sites for hydroxylation is 2. The lowest BCUT2D eigenvalue weighted by atomic mass is 10.00. The molecule has 4 heteroatoms. The molecule has 104 valence electrons. The summed E-state index contributed by atoms with van der Waals surface area (Å²) in [6.07, 6.45) is 4.57. The average Bonchev–Trinajstić information content (AvgIpc) is 2.82. The number of carboxylic acid groups (broad SMARTS) is 1. The highest BCUT2D eigenvalue weighted by Gasteiger charge is 2.19. The number of rotatable bonds is 6. The normalized spacial score (nSPS) is 15.1. The van der Waals surface area contributed by atoms with Gasteiger partial charge in [-0.3, -0.25) is 4.79 Å². The van der Waals surface area contributed by atoms with Crippen LogP contribution in [0.2, 0.25) is 0 Å². The Morgan fingerprint density at radius 3 is 2.74 bits per heavy atom. The molecular weight excluding hydrogens is 242 g/mol. The molecule has 0 fully saturated rings. The maximum atomic E-state index is 10.9. The summed E-state index contributed by atoms with van der Waals surface area (Å²) in [5.41, 5.74) is 9.20. The van der Waals surface area contributed by atoms with Gasteiger partial charge in [0.05, 0.1) is 6.61 Å². The fraction of sp³-hybridized carbons (Fsp3) is 0.533. The van der Waals surface area contributed by atoms with Crippen LogP contribution in [-0.2, 0) is 24.1 Å². The highest BCUT2D eigenvalue weighted by atomic mass is 16.5. The molecule has 0 bridgehead atoms. The van der Waals surface area contributed by atoms with Crippen LogP contribution in [0.5, 0.6) is 5.75 Å². The van der Waals surface area contributed by atoms with Gasteiger partial charge >= 0.3 is 5.97 Å². The van der Waals surface area contributed by atoms with E-state index in [-0.39, 0.29) is 0 Å². The minimum Gasteiger partial charge on any atom is -0.493 e. The number of nitrogens with two attached hydrogens (primary N) is 1. The second kappa shape index (κ2) is 6.06. The van der Waals surface area contributed by atoms with Crippen molar-refractivity contribution in [2.45, 2.75) is 45.1 Å². The SMILES string of the molecule is CCCOc1cc2c(cc1CC(N)C(=O)O)CCC2. The molecule has 1 atom stereocenters. The summed E-state index contributed by atoms with van der Waals surface area (Å²) in [4.78, 5) is 10.9. The first-order valence-corrected chi connectivity index (χ1v) is 6.87. The Bertz CT molecular complexity index is 471. The molecule has 0 saturated carbocycles. The van der Waals surface area contributed by atoms with Gasteiger partial charge < -0.3 is 15.6 Å². The number of hydrogen-bond acceptors (Lipinski definition) is 3. The van der Waals surface area contributed by atoms with Crippen LogP contribution in [0.15, 0.2) is 12.1 Å². The number of aliphatic carboxylic acids is 1. The molecule has 1 aliphatic rings. The molecular formula is C15H21NO3. The molecule has 19 heavy (non-hydrogen) atoms. The van der Waals surface area contributed by atoms with Crippen LogP contribution in [0.25, 0.3) is 0 Å². The number of ether oxygens (including phenoxy) is 1. The molecule has 2 rings (SSSR count). The van der Waals surface area contributed by atoms with Crippen LogP contribution >= 0.6 is 0 Å². The maximum absolute atomic E-state index is 10.9. The van der Waals surface area contributed by atoms with Crippen LogP contribution < -0.4 is 10.5 Å². The standard InChI is InChI=1S/C15H21NO3/c1-2-6-19-14-9-11-5-3-4-10(11)7-12(14)8-13(16)15(17)18/h7,9,13H,2-6,8,16H2,1H3,(H,17,18). The third-order valence-corrected chi connectivity index (χ3v) is 3.49. The van der Waals surface area contributed by atoms with Crippen LogP contribution in [0, 0.1) is 0 Å². The Labute approximate surface area is 113 Å². The third-order valence-electron chi connectivity index (χ3n) is 3.49. The van der Waals surface area contributed by atoms with Crippen LogP contribution in [0.1, 0.15) is 36.5 Å². The van der Waals surface area contributed by atoms with Gasteiger partial charge in [-0.2, -0.15) is 0 Å². The quantitative estimate of drug-likeness (QED) is 0.822. The molecule has 1 aliphatic carbocycles. The topological polar surface area (TPSA) is 72.5 Å². The first kappa shape index (κ1) is 13.9. The largest absolute Gasteiger partial charge is 0.493 e. The van der Waals surface area contributed by atoms with Gasteiger partial charge in [0.2, 0.25) is 0 Å². The summed E-state index contributed by atoms with van der Waals surface area (Å²) in [5.74, 6) is -0.166. The summed E-state index contributed by atoms with van der Waals surface area (Å²) >= 11 is 0. The van der Waals surface area contributed by atoms with Crippen molar-refractivity contribution in [3.05, 3.63) is 28.8 Å². The molecule has 0 aromatic heterocycles. The van der Waals surface area contributed by atoms with Crippen LogP contribution in [0.4, 0.5) is 0 Å². The molecule has 0 radical (unpaired) electrons. The Morgan fingerprint density at radius 1 is 1.42 bits per heavy atom. The van der Waals surface area contributed by atoms with Gasteiger partial charge in [-0.05, 0) is 48.4 Å². The van der Waals surface area contributed by atoms with Gasteiger partial charge in [0.1, 0.15) is 11.8 Å². The molecule has 0 amide bonds. The number of carboxylic acids is 1. The monoisotopic (exact) mass is 263 g/mol. The van der Waals surface area contributed by atoms with Gasteiger partial charge in [0, 0.05) is 6.42 Å². The zero-order chi connectivity index (χ0) is 13.8. The lowest BCUT2D eigenvalue weighted by Crippen LogP contribution is -2.32. The third kappa shape index (κ3) is 3.26. The van der Waals surface area contributed by atoms with Crippen LogP contribution in [-0.4, -0.2) is 23.7 Å². The van der Waals surface area contributed by atoms with Crippen molar-refractivity contribution in [1.29, 1.82) is 0 Å². The average molecular weight is 263 g/mol. The van der Waals surface area contributed by atoms with E-state index in [4.69, 9.17) is 15.6 Å². The second-order valence-electron chi connectivity index (χ2n) is 5.08. The summed E-state index contributed by atoms with van der Waals surface area (Å²) in [6, 6.07) is 3.28. The van der Waals surface area contributed by atoms with E-state index in [9.17, 15) is 4.79 Å². The molecule has 4 nitrogen and oxygen atoms in total. The fourth-order valence-electron chi connectivity index (χ4n) is 2.48. The molecule has 1 aromatic rings. The predicted octanol–water partition coefficient (Wildman–Crippen LogP) is 1.92. The molecule has 1 aromatic carbocycles. The zero-order valence-electron chi connectivity index (χ0n) is 11.3. The smallest absolute Gasteiger partial charge is 0.320 e. The van der Waals surface area contributed by atoms with E-state index in [1.165, 1.54) is 11.1 Å². The highest BCUT2D eigenvalue weighted by molar-refractivity contribution is 5.73. The van der Waals surface area contributed by atoms with Gasteiger partial charge in [-0.25, -0.2) is 0 Å². The van der Waals surface area contributed by atoms with Crippen molar-refractivity contribution in [3.8, 4) is 5.75 Å². The molecule has 0 heterocycles. The first-order chi connectivity index (χ1) is 9.11. The van der Waals surface area contributed by atoms with E-state index in [0.29, 0.717) is 13.0 Å². The zero-order valence-corrected chi connectivity index (χ0v) is 11.3. The Kier molecular flexibility index (Phi) is 4.43. The van der Waals surface area contributed by atoms with Crippen molar-refractivity contribution >= 4 is 5.97 Å². The van der Waals surface area contributed by atoms with Gasteiger partial charge in [0.15, 0.2) is 0 Å². The molecule has 0 spiro atoms. The van der Waals surface area contributed by atoms with Crippen molar-refractivity contribution in [2.24, 2.45) is 5.73 Å². The first-order valence-electron chi connectivity index (χ1n) is 6.87. The molecule has 0 saturated heterocycles. The van der Waals surface area contributed by atoms with Crippen molar-refractivity contribution < 1.29 is 14.6 Å². The minimum absolute atomic E-state index is 0.321. The molecule has 3 N–H and O–H groups in total. The Morgan fingerprint density at radius 2 is 2.11 bits per heavy atom. The van der Waals surface area contributed by atoms with E-state index < -0.39 is 12.0 Å². The van der Waals surface area contributed by atoms with Gasteiger partial charge in [0.25, 0.3) is 0 Å². The lowest BCUT2D eigenvalue weighted by molar-refractivity contribution is -0.138. The van der Waals surface area contributed by atoms with E-state index in [1.54, 1.807) is 0 Å². The number of benzene rings is 1. The van der Waals surface area contributed by atoms with E-state index in [0.717, 1.165) is 37.0 Å². The number of hydrogen-bond donors (Lipinski definition) is 2. The van der Waals surface area contributed by atoms with E-state index in [1.807, 2.05) is 0 Å². The van der Waals surface area contributed by atoms with Crippen LogP contribution in [0.3, 0.4) is 0 Å². The maximum Gasteiger partial charge on any atom is 0.320 e. The summed E-state index contributed by atoms with van der Waals surface area (Å²) < 4.78 is 5.74. The van der Waals surface area contributed by atoms with Crippen molar-refractivity contribution in [2.75, 3.05) is 6.61 Å². The summed E-state index contributed by atoms with van der Waals surface area (Å²) in [6.45, 7) is 2.70. The number of carbonyl (C=O) groups is 1.